The maximum atomic E-state index is 12.1. The lowest BCUT2D eigenvalue weighted by atomic mass is 10.1. The molecule has 0 saturated heterocycles. The van der Waals surface area contributed by atoms with E-state index in [9.17, 15) is 9.50 Å². The minimum atomic E-state index is -1.29. The van der Waals surface area contributed by atoms with E-state index < -0.39 is 12.8 Å². The highest BCUT2D eigenvalue weighted by Crippen LogP contribution is 2.33. The van der Waals surface area contributed by atoms with Gasteiger partial charge in [0.15, 0.2) is 0 Å². The Kier molecular flexibility index (Phi) is 3.80. The summed E-state index contributed by atoms with van der Waals surface area (Å²) in [4.78, 5) is 0. The van der Waals surface area contributed by atoms with Crippen LogP contribution in [0.4, 0.5) is 4.39 Å². The summed E-state index contributed by atoms with van der Waals surface area (Å²) in [5.74, 6) is 0. The molecule has 1 atom stereocenters. The molecular formula is C8H6Cl3FO. The lowest BCUT2D eigenvalue weighted by molar-refractivity contribution is 0.142. The van der Waals surface area contributed by atoms with Crippen LogP contribution in [-0.4, -0.2) is 11.8 Å². The summed E-state index contributed by atoms with van der Waals surface area (Å²) in [6, 6.07) is 2.81. The average Bonchev–Trinajstić information content (AvgIpc) is 2.02. The molecule has 1 rings (SSSR count). The van der Waals surface area contributed by atoms with E-state index >= 15 is 0 Å². The Labute approximate surface area is 90.0 Å². The number of rotatable bonds is 2. The van der Waals surface area contributed by atoms with Crippen LogP contribution in [-0.2, 0) is 0 Å². The molecule has 0 spiro atoms. The van der Waals surface area contributed by atoms with Crippen molar-refractivity contribution in [2.75, 3.05) is 6.67 Å². The van der Waals surface area contributed by atoms with Crippen LogP contribution in [0.25, 0.3) is 0 Å². The van der Waals surface area contributed by atoms with E-state index in [-0.39, 0.29) is 15.6 Å². The molecule has 0 aliphatic heterocycles. The zero-order chi connectivity index (χ0) is 10.0. The lowest BCUT2D eigenvalue weighted by Gasteiger charge is -2.11. The number of hydrogen-bond donors (Lipinski definition) is 1. The molecule has 0 bridgehead atoms. The van der Waals surface area contributed by atoms with E-state index in [1.54, 1.807) is 0 Å². The first-order chi connectivity index (χ1) is 6.06. The van der Waals surface area contributed by atoms with E-state index in [2.05, 4.69) is 0 Å². The molecule has 1 unspecified atom stereocenters. The van der Waals surface area contributed by atoms with Gasteiger partial charge in [-0.2, -0.15) is 0 Å². The predicted molar refractivity (Wildman–Crippen MR) is 52.4 cm³/mol. The largest absolute Gasteiger partial charge is 0.386 e. The number of halogens is 4. The normalized spacial score (nSPS) is 13.0. The Bertz CT molecular complexity index is 293. The molecule has 0 radical (unpaired) electrons. The van der Waals surface area contributed by atoms with Gasteiger partial charge < -0.3 is 5.11 Å². The fourth-order valence-electron chi connectivity index (χ4n) is 0.949. The first kappa shape index (κ1) is 11.1. The van der Waals surface area contributed by atoms with Crippen LogP contribution in [0.5, 0.6) is 0 Å². The van der Waals surface area contributed by atoms with Crippen molar-refractivity contribution in [3.63, 3.8) is 0 Å². The van der Waals surface area contributed by atoms with Crippen LogP contribution >= 0.6 is 34.8 Å². The van der Waals surface area contributed by atoms with E-state index in [0.29, 0.717) is 5.02 Å². The molecule has 1 N–H and O–H groups in total. The molecule has 0 fully saturated rings. The van der Waals surface area contributed by atoms with Gasteiger partial charge >= 0.3 is 0 Å². The van der Waals surface area contributed by atoms with Crippen molar-refractivity contribution in [2.24, 2.45) is 0 Å². The van der Waals surface area contributed by atoms with Crippen LogP contribution < -0.4 is 0 Å². The smallest absolute Gasteiger partial charge is 0.120 e. The van der Waals surface area contributed by atoms with Gasteiger partial charge in [0.05, 0.1) is 0 Å². The van der Waals surface area contributed by atoms with Gasteiger partial charge in [0.1, 0.15) is 12.8 Å². The van der Waals surface area contributed by atoms with Gasteiger partial charge in [-0.25, -0.2) is 4.39 Å². The van der Waals surface area contributed by atoms with Gasteiger partial charge in [-0.05, 0) is 12.1 Å². The molecule has 1 aromatic carbocycles. The monoisotopic (exact) mass is 242 g/mol. The Balaban J connectivity index is 3.20. The molecule has 1 aromatic rings. The highest BCUT2D eigenvalue weighted by molar-refractivity contribution is 6.39. The van der Waals surface area contributed by atoms with Gasteiger partial charge in [-0.15, -0.1) is 0 Å². The van der Waals surface area contributed by atoms with Crippen LogP contribution in [0.3, 0.4) is 0 Å². The van der Waals surface area contributed by atoms with Crippen LogP contribution in [0.15, 0.2) is 12.1 Å². The van der Waals surface area contributed by atoms with Crippen LogP contribution in [0, 0.1) is 0 Å². The summed E-state index contributed by atoms with van der Waals surface area (Å²) < 4.78 is 12.1. The lowest BCUT2D eigenvalue weighted by Crippen LogP contribution is -2.01. The second-order valence-corrected chi connectivity index (χ2v) is 3.70. The molecule has 0 saturated carbocycles. The maximum Gasteiger partial charge on any atom is 0.120 e. The Morgan fingerprint density at radius 2 is 1.69 bits per heavy atom. The molecule has 0 heterocycles. The fourth-order valence-corrected chi connectivity index (χ4v) is 2.02. The summed E-state index contributed by atoms with van der Waals surface area (Å²) in [5.41, 5.74) is 0.176. The third kappa shape index (κ3) is 2.47. The highest BCUT2D eigenvalue weighted by atomic mass is 35.5. The molecule has 72 valence electrons. The Hall–Kier alpha value is -0.0200. The molecule has 5 heteroatoms. The van der Waals surface area contributed by atoms with E-state index in [4.69, 9.17) is 34.8 Å². The van der Waals surface area contributed by atoms with Gasteiger partial charge in [0.2, 0.25) is 0 Å². The second kappa shape index (κ2) is 4.47. The zero-order valence-corrected chi connectivity index (χ0v) is 8.67. The van der Waals surface area contributed by atoms with E-state index in [1.165, 1.54) is 12.1 Å². The van der Waals surface area contributed by atoms with Gasteiger partial charge in [-0.3, -0.25) is 0 Å². The molecule has 0 aromatic heterocycles. The summed E-state index contributed by atoms with van der Waals surface area (Å²) in [7, 11) is 0. The van der Waals surface area contributed by atoms with Crippen molar-refractivity contribution in [3.8, 4) is 0 Å². The van der Waals surface area contributed by atoms with Crippen LogP contribution in [0.1, 0.15) is 11.7 Å². The zero-order valence-electron chi connectivity index (χ0n) is 6.40. The van der Waals surface area contributed by atoms with Crippen molar-refractivity contribution in [3.05, 3.63) is 32.8 Å². The molecule has 1 nitrogen and oxygen atoms in total. The molecular weight excluding hydrogens is 237 g/mol. The average molecular weight is 243 g/mol. The molecule has 0 aliphatic rings. The van der Waals surface area contributed by atoms with Crippen molar-refractivity contribution in [1.82, 2.24) is 0 Å². The van der Waals surface area contributed by atoms with Crippen molar-refractivity contribution >= 4 is 34.8 Å². The predicted octanol–water partition coefficient (Wildman–Crippen LogP) is 3.65. The first-order valence-electron chi connectivity index (χ1n) is 3.44. The molecule has 0 amide bonds. The quantitative estimate of drug-likeness (QED) is 0.840. The van der Waals surface area contributed by atoms with Crippen LogP contribution in [0.2, 0.25) is 15.1 Å². The van der Waals surface area contributed by atoms with Gasteiger partial charge in [0, 0.05) is 20.6 Å². The van der Waals surface area contributed by atoms with Crippen molar-refractivity contribution in [2.45, 2.75) is 6.10 Å². The third-order valence-electron chi connectivity index (χ3n) is 1.52. The van der Waals surface area contributed by atoms with Gasteiger partial charge in [-0.1, -0.05) is 34.8 Å². The third-order valence-corrected chi connectivity index (χ3v) is 2.37. The SMILES string of the molecule is OC(CF)c1c(Cl)cc(Cl)cc1Cl. The molecule has 13 heavy (non-hydrogen) atoms. The minimum absolute atomic E-state index is 0.169. The second-order valence-electron chi connectivity index (χ2n) is 2.45. The number of benzene rings is 1. The number of aliphatic hydroxyl groups excluding tert-OH is 1. The molecule has 0 aliphatic carbocycles. The summed E-state index contributed by atoms with van der Waals surface area (Å²) >= 11 is 17.1. The summed E-state index contributed by atoms with van der Waals surface area (Å²) in [6.45, 7) is -0.929. The fraction of sp³-hybridized carbons (Fsp3) is 0.250. The number of alkyl halides is 1. The summed E-state index contributed by atoms with van der Waals surface area (Å²) in [6.07, 6.45) is -1.29. The standard InChI is InChI=1S/C8H6Cl3FO/c9-4-1-5(10)8(6(11)2-4)7(13)3-12/h1-2,7,13H,3H2. The Morgan fingerprint density at radius 3 is 2.08 bits per heavy atom. The number of aliphatic hydroxyl groups is 1. The van der Waals surface area contributed by atoms with Crippen molar-refractivity contribution in [1.29, 1.82) is 0 Å². The number of hydrogen-bond acceptors (Lipinski definition) is 1. The van der Waals surface area contributed by atoms with E-state index in [1.807, 2.05) is 0 Å². The highest BCUT2D eigenvalue weighted by Gasteiger charge is 2.15. The van der Waals surface area contributed by atoms with E-state index in [0.717, 1.165) is 0 Å². The Morgan fingerprint density at radius 1 is 1.23 bits per heavy atom. The maximum absolute atomic E-state index is 12.1. The minimum Gasteiger partial charge on any atom is -0.386 e. The summed E-state index contributed by atoms with van der Waals surface area (Å²) in [5, 5.41) is 9.88. The first-order valence-corrected chi connectivity index (χ1v) is 4.58. The topological polar surface area (TPSA) is 20.2 Å². The van der Waals surface area contributed by atoms with Gasteiger partial charge in [0.25, 0.3) is 0 Å². The van der Waals surface area contributed by atoms with Crippen molar-refractivity contribution < 1.29 is 9.50 Å².